The first-order valence-corrected chi connectivity index (χ1v) is 24.0. The Labute approximate surface area is 356 Å². The number of pyridine rings is 1. The predicted molar refractivity (Wildman–Crippen MR) is 244 cm³/mol. The third kappa shape index (κ3) is 8.20. The Morgan fingerprint density at radius 3 is 2.18 bits per heavy atom. The summed E-state index contributed by atoms with van der Waals surface area (Å²) in [6.07, 6.45) is 3.24. The van der Waals surface area contributed by atoms with E-state index in [1.54, 1.807) is 0 Å². The molecule has 6 aromatic carbocycles. The van der Waals surface area contributed by atoms with Crippen LogP contribution >= 0.6 is 11.3 Å². The summed E-state index contributed by atoms with van der Waals surface area (Å²) >= 11 is 1.82. The summed E-state index contributed by atoms with van der Waals surface area (Å²) < 4.78 is 4.83. The molecule has 6 heteroatoms. The van der Waals surface area contributed by atoms with Gasteiger partial charge in [0.15, 0.2) is 0 Å². The van der Waals surface area contributed by atoms with Gasteiger partial charge in [-0.2, -0.15) is 11.3 Å². The maximum absolute atomic E-state index is 5.32. The van der Waals surface area contributed by atoms with E-state index in [2.05, 4.69) is 185 Å². The van der Waals surface area contributed by atoms with E-state index in [4.69, 9.17) is 4.98 Å². The van der Waals surface area contributed by atoms with Crippen LogP contribution in [0.4, 0.5) is 0 Å². The van der Waals surface area contributed by atoms with Crippen molar-refractivity contribution in [2.75, 3.05) is 0 Å². The predicted octanol–water partition coefficient (Wildman–Crippen LogP) is 13.6. The molecule has 1 radical (unpaired) electrons. The second-order valence-electron chi connectivity index (χ2n) is 17.3. The number of nitrogens with zero attached hydrogens (tertiary/aromatic N) is 3. The van der Waals surface area contributed by atoms with Gasteiger partial charge in [-0.3, -0.25) is 4.98 Å². The van der Waals surface area contributed by atoms with Crippen LogP contribution in [-0.2, 0) is 31.9 Å². The topological polar surface area (TPSA) is 30.7 Å². The second kappa shape index (κ2) is 16.3. The van der Waals surface area contributed by atoms with E-state index in [-0.39, 0.29) is 25.5 Å². The molecule has 0 fully saturated rings. The van der Waals surface area contributed by atoms with Crippen molar-refractivity contribution in [2.45, 2.75) is 66.1 Å². The zero-order valence-corrected chi connectivity index (χ0v) is 38.3. The van der Waals surface area contributed by atoms with Crippen LogP contribution in [0.1, 0.15) is 45.7 Å². The van der Waals surface area contributed by atoms with E-state index in [0.717, 1.165) is 45.8 Å². The van der Waals surface area contributed by atoms with Gasteiger partial charge in [0.2, 0.25) is 0 Å². The van der Waals surface area contributed by atoms with Crippen molar-refractivity contribution in [1.82, 2.24) is 14.5 Å². The Kier molecular flexibility index (Phi) is 11.6. The average molecular weight is 956 g/mol. The average Bonchev–Trinajstić information content (AvgIpc) is 3.77. The zero-order chi connectivity index (χ0) is 39.2. The quantitative estimate of drug-likeness (QED) is 0.123. The van der Waals surface area contributed by atoms with E-state index in [1.165, 1.54) is 47.3 Å². The number of benzene rings is 6. The van der Waals surface area contributed by atoms with Crippen molar-refractivity contribution in [3.05, 3.63) is 157 Å². The van der Waals surface area contributed by atoms with Gasteiger partial charge in [0.05, 0.1) is 24.9 Å². The smallest absolute Gasteiger partial charge is 0.0852 e. The first-order valence-electron chi connectivity index (χ1n) is 19.7. The van der Waals surface area contributed by atoms with E-state index < -0.39 is 8.07 Å². The molecule has 0 aliphatic carbocycles. The Morgan fingerprint density at radius 1 is 0.754 bits per heavy atom. The number of fused-ring (bicyclic) bond motifs is 6. The number of aromatic nitrogens is 3. The molecule has 0 bridgehead atoms. The van der Waals surface area contributed by atoms with E-state index >= 15 is 0 Å². The summed E-state index contributed by atoms with van der Waals surface area (Å²) in [4.78, 5) is 10.0. The first-order chi connectivity index (χ1) is 26.9. The molecule has 57 heavy (non-hydrogen) atoms. The molecule has 0 saturated carbocycles. The van der Waals surface area contributed by atoms with Crippen molar-refractivity contribution in [3.63, 3.8) is 0 Å². The van der Waals surface area contributed by atoms with Crippen LogP contribution in [0.5, 0.6) is 0 Å². The molecule has 3 aromatic heterocycles. The molecule has 0 unspecified atom stereocenters. The molecule has 9 rings (SSSR count). The minimum Gasteiger partial charge on any atom is -0.333 e. The molecule has 0 atom stereocenters. The fourth-order valence-corrected chi connectivity index (χ4v) is 10.5. The summed E-state index contributed by atoms with van der Waals surface area (Å²) in [7, 11) is -1.34. The van der Waals surface area contributed by atoms with Crippen molar-refractivity contribution in [1.29, 1.82) is 0 Å². The molecule has 0 N–H and O–H groups in total. The first kappa shape index (κ1) is 40.5. The molecule has 0 aliphatic heterocycles. The van der Waals surface area contributed by atoms with Crippen molar-refractivity contribution in [2.24, 2.45) is 5.92 Å². The van der Waals surface area contributed by atoms with Crippen LogP contribution in [0, 0.1) is 18.1 Å². The van der Waals surface area contributed by atoms with Crippen LogP contribution in [0.15, 0.2) is 134 Å². The minimum absolute atomic E-state index is 0. The van der Waals surface area contributed by atoms with Gasteiger partial charge in [-0.15, -0.1) is 54.1 Å². The SMILES string of the molecule is CC(C)(C)c1ccc(-n2c(-c3[c-]ccc4c3sc3ccccc34)nc3c4ccccc4ccc32)cc1.CC(C)Cc1cc(-c2[c-]cccc2)ncc1[Si](C)(C)C.[Ir]. The van der Waals surface area contributed by atoms with Gasteiger partial charge >= 0.3 is 0 Å². The summed E-state index contributed by atoms with van der Waals surface area (Å²) in [6.45, 7) is 18.5. The summed E-state index contributed by atoms with van der Waals surface area (Å²) in [6, 6.07) is 51.9. The van der Waals surface area contributed by atoms with Crippen LogP contribution in [0.2, 0.25) is 19.6 Å². The molecule has 0 amide bonds. The van der Waals surface area contributed by atoms with E-state index in [0.29, 0.717) is 5.92 Å². The normalized spacial score (nSPS) is 11.9. The molecule has 0 saturated heterocycles. The Hall–Kier alpha value is -4.71. The minimum atomic E-state index is -1.34. The van der Waals surface area contributed by atoms with Crippen LogP contribution < -0.4 is 5.19 Å². The Balaban J connectivity index is 0.000000202. The molecular weight excluding hydrogens is 907 g/mol. The molecule has 3 heterocycles. The number of hydrogen-bond acceptors (Lipinski definition) is 3. The van der Waals surface area contributed by atoms with Crippen molar-refractivity contribution < 1.29 is 20.1 Å². The molecule has 9 aromatic rings. The largest absolute Gasteiger partial charge is 0.333 e. The van der Waals surface area contributed by atoms with Gasteiger partial charge in [0.25, 0.3) is 0 Å². The zero-order valence-electron chi connectivity index (χ0n) is 34.1. The second-order valence-corrected chi connectivity index (χ2v) is 23.4. The number of hydrogen-bond donors (Lipinski definition) is 0. The van der Waals surface area contributed by atoms with Crippen molar-refractivity contribution >= 4 is 66.6 Å². The molecule has 0 aliphatic rings. The van der Waals surface area contributed by atoms with Gasteiger partial charge in [-0.1, -0.05) is 138 Å². The number of thiophene rings is 1. The van der Waals surface area contributed by atoms with Crippen LogP contribution in [0.3, 0.4) is 0 Å². The Bertz CT molecular complexity index is 2820. The fourth-order valence-electron chi connectivity index (χ4n) is 7.69. The van der Waals surface area contributed by atoms with Gasteiger partial charge in [0.1, 0.15) is 0 Å². The third-order valence-electron chi connectivity index (χ3n) is 10.5. The number of imidazole rings is 1. The molecule has 289 valence electrons. The molecule has 3 nitrogen and oxygen atoms in total. The molecular formula is C51H49IrN3SSi-2. The van der Waals surface area contributed by atoms with E-state index in [1.807, 2.05) is 35.6 Å². The van der Waals surface area contributed by atoms with E-state index in [9.17, 15) is 0 Å². The van der Waals surface area contributed by atoms with Gasteiger partial charge in [-0.05, 0) is 73.9 Å². The molecule has 0 spiro atoms. The third-order valence-corrected chi connectivity index (χ3v) is 13.8. The number of rotatable bonds is 6. The monoisotopic (exact) mass is 956 g/mol. The standard InChI is InChI=1S/C33H25N2S.C18H24NSi.Ir/c1-33(2,3)22-16-18-23(19-17-22)35-28-20-15-21-9-4-5-10-24(21)30(28)34-32(35)27-13-8-12-26-25-11-6-7-14-29(25)36-31(26)27;1-14(2)11-16-12-17(15-9-7-6-8-10-15)19-13-18(16)20(3,4)5;/h4-12,14-20H,1-3H3;6-9,12-14H,11H2,1-5H3;/q2*-1;. The Morgan fingerprint density at radius 2 is 1.47 bits per heavy atom. The maximum Gasteiger partial charge on any atom is 0.0852 e. The summed E-state index contributed by atoms with van der Waals surface area (Å²) in [5, 5.41) is 6.41. The van der Waals surface area contributed by atoms with Crippen LogP contribution in [0.25, 0.3) is 70.3 Å². The van der Waals surface area contributed by atoms with Gasteiger partial charge in [0, 0.05) is 42.1 Å². The summed E-state index contributed by atoms with van der Waals surface area (Å²) in [5.41, 5.74) is 9.32. The fraction of sp³-hybridized carbons (Fsp3) is 0.216. The van der Waals surface area contributed by atoms with Crippen LogP contribution in [-0.4, -0.2) is 22.6 Å². The summed E-state index contributed by atoms with van der Waals surface area (Å²) in [5.74, 6) is 1.60. The van der Waals surface area contributed by atoms with Crippen molar-refractivity contribution in [3.8, 4) is 28.3 Å². The van der Waals surface area contributed by atoms with Gasteiger partial charge < -0.3 is 9.55 Å². The maximum atomic E-state index is 5.32. The van der Waals surface area contributed by atoms with Gasteiger partial charge in [-0.25, -0.2) is 0 Å².